The molecule has 1 aromatic carbocycles. The van der Waals surface area contributed by atoms with E-state index in [0.717, 1.165) is 63.4 Å². The monoisotopic (exact) mass is 353 g/mol. The second-order valence-corrected chi connectivity index (χ2v) is 7.09. The van der Waals surface area contributed by atoms with Gasteiger partial charge in [0.25, 0.3) is 0 Å². The van der Waals surface area contributed by atoms with E-state index in [1.807, 2.05) is 6.07 Å². The first kappa shape index (κ1) is 17.2. The number of benzene rings is 1. The minimum Gasteiger partial charge on any atom is -0.372 e. The van der Waals surface area contributed by atoms with Crippen LogP contribution in [-0.4, -0.2) is 42.3 Å². The third-order valence-corrected chi connectivity index (χ3v) is 5.18. The van der Waals surface area contributed by atoms with Crippen molar-refractivity contribution in [2.75, 3.05) is 36.8 Å². The highest BCUT2D eigenvalue weighted by atomic mass is 16.5. The van der Waals surface area contributed by atoms with E-state index in [2.05, 4.69) is 44.5 Å². The number of nitrogens with zero attached hydrogens (tertiary/aromatic N) is 3. The van der Waals surface area contributed by atoms with Gasteiger partial charge in [0.05, 0.1) is 18.4 Å². The molecule has 0 aliphatic carbocycles. The molecule has 0 amide bonds. The summed E-state index contributed by atoms with van der Waals surface area (Å²) in [6.45, 7) is 4.44. The first-order chi connectivity index (χ1) is 12.8. The molecule has 6 heteroatoms. The molecule has 1 saturated heterocycles. The van der Waals surface area contributed by atoms with Crippen LogP contribution in [0.5, 0.6) is 0 Å². The number of nitrogen functional groups attached to an aromatic ring is 1. The summed E-state index contributed by atoms with van der Waals surface area (Å²) in [6, 6.07) is 10.4. The van der Waals surface area contributed by atoms with Gasteiger partial charge in [0, 0.05) is 31.6 Å². The second kappa shape index (κ2) is 8.01. The number of aromatic nitrogens is 2. The molecular formula is C20H27N5O. The fourth-order valence-electron chi connectivity index (χ4n) is 3.86. The zero-order valence-corrected chi connectivity index (χ0v) is 15.2. The standard InChI is InChI=1S/C20H27N5O/c21-20-23-18-9-11-22-10-8-17(18)19(24-20)25-12-4-7-16(13-25)26-14-15-5-2-1-3-6-15/h1-3,5-6,16,22H,4,7-14H2,(H2,21,23,24). The fourth-order valence-corrected chi connectivity index (χ4v) is 3.86. The van der Waals surface area contributed by atoms with Crippen LogP contribution in [0, 0.1) is 0 Å². The second-order valence-electron chi connectivity index (χ2n) is 7.09. The summed E-state index contributed by atoms with van der Waals surface area (Å²) in [5.74, 6) is 1.40. The van der Waals surface area contributed by atoms with Crippen LogP contribution in [-0.2, 0) is 24.2 Å². The summed E-state index contributed by atoms with van der Waals surface area (Å²) in [5.41, 5.74) is 9.59. The van der Waals surface area contributed by atoms with Crippen LogP contribution in [0.1, 0.15) is 29.7 Å². The summed E-state index contributed by atoms with van der Waals surface area (Å²) in [4.78, 5) is 11.5. The predicted molar refractivity (Wildman–Crippen MR) is 103 cm³/mol. The molecule has 3 heterocycles. The molecule has 1 aromatic heterocycles. The molecule has 3 N–H and O–H groups in total. The number of fused-ring (bicyclic) bond motifs is 1. The zero-order valence-electron chi connectivity index (χ0n) is 15.2. The van der Waals surface area contributed by atoms with Gasteiger partial charge in [0.1, 0.15) is 5.82 Å². The van der Waals surface area contributed by atoms with Crippen molar-refractivity contribution in [1.82, 2.24) is 15.3 Å². The van der Waals surface area contributed by atoms with Gasteiger partial charge in [0.2, 0.25) is 5.95 Å². The maximum atomic E-state index is 6.19. The van der Waals surface area contributed by atoms with Crippen LogP contribution in [0.2, 0.25) is 0 Å². The Bertz CT molecular complexity index is 736. The third kappa shape index (κ3) is 3.97. The Labute approximate surface area is 154 Å². The van der Waals surface area contributed by atoms with Crippen molar-refractivity contribution < 1.29 is 4.74 Å². The molecule has 0 bridgehead atoms. The van der Waals surface area contributed by atoms with Crippen molar-refractivity contribution in [2.45, 2.75) is 38.4 Å². The highest BCUT2D eigenvalue weighted by Gasteiger charge is 2.26. The van der Waals surface area contributed by atoms with Crippen LogP contribution >= 0.6 is 0 Å². The molecule has 0 saturated carbocycles. The van der Waals surface area contributed by atoms with E-state index in [0.29, 0.717) is 12.6 Å². The first-order valence-electron chi connectivity index (χ1n) is 9.56. The van der Waals surface area contributed by atoms with Crippen molar-refractivity contribution in [3.63, 3.8) is 0 Å². The van der Waals surface area contributed by atoms with Gasteiger partial charge in [-0.15, -0.1) is 0 Å². The zero-order chi connectivity index (χ0) is 17.8. The largest absolute Gasteiger partial charge is 0.372 e. The van der Waals surface area contributed by atoms with Crippen LogP contribution in [0.15, 0.2) is 30.3 Å². The number of piperidine rings is 1. The van der Waals surface area contributed by atoms with Gasteiger partial charge in [-0.2, -0.15) is 4.98 Å². The van der Waals surface area contributed by atoms with E-state index in [1.165, 1.54) is 11.1 Å². The van der Waals surface area contributed by atoms with E-state index < -0.39 is 0 Å². The van der Waals surface area contributed by atoms with Gasteiger partial charge >= 0.3 is 0 Å². The quantitative estimate of drug-likeness (QED) is 0.875. The number of rotatable bonds is 4. The lowest BCUT2D eigenvalue weighted by Gasteiger charge is -2.35. The van der Waals surface area contributed by atoms with Gasteiger partial charge in [-0.1, -0.05) is 30.3 Å². The predicted octanol–water partition coefficient (Wildman–Crippen LogP) is 1.93. The highest BCUT2D eigenvalue weighted by molar-refractivity contribution is 5.53. The summed E-state index contributed by atoms with van der Waals surface area (Å²) in [6.07, 6.45) is 4.29. The Hall–Kier alpha value is -2.18. The first-order valence-corrected chi connectivity index (χ1v) is 9.56. The fraction of sp³-hybridized carbons (Fsp3) is 0.500. The van der Waals surface area contributed by atoms with Crippen LogP contribution in [0.4, 0.5) is 11.8 Å². The average Bonchev–Trinajstić information content (AvgIpc) is 2.92. The molecule has 1 atom stereocenters. The van der Waals surface area contributed by atoms with Crippen molar-refractivity contribution in [3.05, 3.63) is 47.2 Å². The molecule has 6 nitrogen and oxygen atoms in total. The van der Waals surface area contributed by atoms with Crippen molar-refractivity contribution in [3.8, 4) is 0 Å². The summed E-state index contributed by atoms with van der Waals surface area (Å²) in [5, 5.41) is 3.44. The molecule has 1 fully saturated rings. The molecule has 0 radical (unpaired) electrons. The Morgan fingerprint density at radius 2 is 2.00 bits per heavy atom. The lowest BCUT2D eigenvalue weighted by atomic mass is 10.0. The van der Waals surface area contributed by atoms with Gasteiger partial charge in [-0.3, -0.25) is 0 Å². The topological polar surface area (TPSA) is 76.3 Å². The summed E-state index contributed by atoms with van der Waals surface area (Å²) < 4.78 is 6.19. The lowest BCUT2D eigenvalue weighted by Crippen LogP contribution is -2.41. The molecule has 138 valence electrons. The van der Waals surface area contributed by atoms with Crippen molar-refractivity contribution >= 4 is 11.8 Å². The molecule has 0 spiro atoms. The Morgan fingerprint density at radius 1 is 1.15 bits per heavy atom. The number of hydrogen-bond donors (Lipinski definition) is 2. The maximum absolute atomic E-state index is 6.19. The average molecular weight is 353 g/mol. The molecule has 2 aliphatic heterocycles. The minimum absolute atomic E-state index is 0.222. The molecule has 2 aromatic rings. The Morgan fingerprint density at radius 3 is 2.88 bits per heavy atom. The summed E-state index contributed by atoms with van der Waals surface area (Å²) in [7, 11) is 0. The van der Waals surface area contributed by atoms with Gasteiger partial charge in [-0.25, -0.2) is 4.98 Å². The number of anilines is 2. The normalized spacial score (nSPS) is 20.5. The Kier molecular flexibility index (Phi) is 5.32. The van der Waals surface area contributed by atoms with E-state index in [9.17, 15) is 0 Å². The van der Waals surface area contributed by atoms with Gasteiger partial charge in [-0.05, 0) is 31.4 Å². The van der Waals surface area contributed by atoms with Crippen LogP contribution < -0.4 is 16.0 Å². The Balaban J connectivity index is 1.48. The van der Waals surface area contributed by atoms with E-state index in [4.69, 9.17) is 10.5 Å². The number of nitrogens with two attached hydrogens (primary N) is 1. The lowest BCUT2D eigenvalue weighted by molar-refractivity contribution is 0.0314. The minimum atomic E-state index is 0.222. The molecule has 4 rings (SSSR count). The van der Waals surface area contributed by atoms with Crippen molar-refractivity contribution in [1.29, 1.82) is 0 Å². The number of ether oxygens (including phenoxy) is 1. The van der Waals surface area contributed by atoms with Gasteiger partial charge < -0.3 is 20.7 Å². The molecular weight excluding hydrogens is 326 g/mol. The van der Waals surface area contributed by atoms with Crippen molar-refractivity contribution in [2.24, 2.45) is 0 Å². The smallest absolute Gasteiger partial charge is 0.222 e. The SMILES string of the molecule is Nc1nc2c(c(N3CCCC(OCc4ccccc4)C3)n1)CCNCC2. The van der Waals surface area contributed by atoms with Gasteiger partial charge in [0.15, 0.2) is 0 Å². The summed E-state index contributed by atoms with van der Waals surface area (Å²) >= 11 is 0. The van der Waals surface area contributed by atoms with E-state index in [-0.39, 0.29) is 6.10 Å². The molecule has 26 heavy (non-hydrogen) atoms. The molecule has 2 aliphatic rings. The molecule has 1 unspecified atom stereocenters. The maximum Gasteiger partial charge on any atom is 0.222 e. The van der Waals surface area contributed by atoms with Crippen LogP contribution in [0.3, 0.4) is 0 Å². The highest BCUT2D eigenvalue weighted by Crippen LogP contribution is 2.27. The third-order valence-electron chi connectivity index (χ3n) is 5.18. The number of hydrogen-bond acceptors (Lipinski definition) is 6. The number of nitrogens with one attached hydrogen (secondary N) is 1. The van der Waals surface area contributed by atoms with Crippen LogP contribution in [0.25, 0.3) is 0 Å². The van der Waals surface area contributed by atoms with E-state index >= 15 is 0 Å². The van der Waals surface area contributed by atoms with E-state index in [1.54, 1.807) is 0 Å².